The van der Waals surface area contributed by atoms with Crippen LogP contribution in [0, 0.1) is 18.7 Å². The molecule has 0 fully saturated rings. The number of benzene rings is 1. The van der Waals surface area contributed by atoms with Gasteiger partial charge in [-0.2, -0.15) is 0 Å². The maximum atomic E-state index is 13.0. The fourth-order valence-corrected chi connectivity index (χ4v) is 1.73. The highest BCUT2D eigenvalue weighted by Gasteiger charge is 2.09. The molecule has 0 spiro atoms. The summed E-state index contributed by atoms with van der Waals surface area (Å²) in [6.45, 7) is 6.22. The van der Waals surface area contributed by atoms with E-state index >= 15 is 0 Å². The van der Waals surface area contributed by atoms with Crippen LogP contribution < -0.4 is 0 Å². The maximum Gasteiger partial charge on any atom is 0.126 e. The molecule has 0 saturated carbocycles. The van der Waals surface area contributed by atoms with Gasteiger partial charge in [0.05, 0.1) is 0 Å². The second-order valence-electron chi connectivity index (χ2n) is 4.38. The molecule has 0 saturated heterocycles. The normalized spacial score (nSPS) is 13.2. The molecule has 84 valence electrons. The van der Waals surface area contributed by atoms with Gasteiger partial charge in [-0.15, -0.1) is 0 Å². The highest BCUT2D eigenvalue weighted by atomic mass is 79.9. The van der Waals surface area contributed by atoms with Crippen molar-refractivity contribution < 1.29 is 4.39 Å². The van der Waals surface area contributed by atoms with Crippen LogP contribution in [0.2, 0.25) is 0 Å². The summed E-state index contributed by atoms with van der Waals surface area (Å²) in [5.74, 6) is 0.532. The zero-order valence-corrected chi connectivity index (χ0v) is 11.1. The lowest BCUT2D eigenvalue weighted by Gasteiger charge is -2.13. The minimum Gasteiger partial charge on any atom is -0.207 e. The molecule has 0 nitrogen and oxygen atoms in total. The summed E-state index contributed by atoms with van der Waals surface area (Å²) >= 11 is 3.66. The molecule has 1 unspecified atom stereocenters. The Labute approximate surface area is 100 Å². The van der Waals surface area contributed by atoms with Crippen LogP contribution in [-0.4, -0.2) is 4.83 Å². The molecular weight excluding hydrogens is 255 g/mol. The first-order chi connectivity index (χ1) is 7.00. The van der Waals surface area contributed by atoms with E-state index in [4.69, 9.17) is 0 Å². The second kappa shape index (κ2) is 5.64. The van der Waals surface area contributed by atoms with E-state index in [0.717, 1.165) is 18.4 Å². The lowest BCUT2D eigenvalue weighted by molar-refractivity contribution is 0.580. The zero-order chi connectivity index (χ0) is 11.4. The molecule has 1 aromatic carbocycles. The van der Waals surface area contributed by atoms with Crippen LogP contribution >= 0.6 is 15.9 Å². The van der Waals surface area contributed by atoms with Crippen LogP contribution in [0.1, 0.15) is 31.4 Å². The van der Waals surface area contributed by atoms with Gasteiger partial charge in [0.15, 0.2) is 0 Å². The summed E-state index contributed by atoms with van der Waals surface area (Å²) in [4.78, 5) is 0.544. The molecule has 0 bridgehead atoms. The molecule has 1 atom stereocenters. The lowest BCUT2D eigenvalue weighted by Crippen LogP contribution is -2.08. The van der Waals surface area contributed by atoms with Crippen molar-refractivity contribution in [2.75, 3.05) is 0 Å². The van der Waals surface area contributed by atoms with Gasteiger partial charge in [-0.1, -0.05) is 41.9 Å². The first-order valence-electron chi connectivity index (χ1n) is 5.40. The molecule has 0 N–H and O–H groups in total. The Morgan fingerprint density at radius 3 is 2.53 bits per heavy atom. The monoisotopic (exact) mass is 272 g/mol. The SMILES string of the molecule is Cc1cc(CCC(Br)C(C)C)ccc1F. The Kier molecular flexibility index (Phi) is 4.78. The molecule has 1 rings (SSSR count). The van der Waals surface area contributed by atoms with Crippen LogP contribution in [0.3, 0.4) is 0 Å². The minimum absolute atomic E-state index is 0.113. The van der Waals surface area contributed by atoms with E-state index in [1.807, 2.05) is 19.1 Å². The third kappa shape index (κ3) is 3.94. The van der Waals surface area contributed by atoms with E-state index in [9.17, 15) is 4.39 Å². The second-order valence-corrected chi connectivity index (χ2v) is 5.56. The predicted octanol–water partition coefficient (Wildman–Crippen LogP) is 4.49. The van der Waals surface area contributed by atoms with Gasteiger partial charge in [-0.3, -0.25) is 0 Å². The largest absolute Gasteiger partial charge is 0.207 e. The van der Waals surface area contributed by atoms with E-state index in [-0.39, 0.29) is 5.82 Å². The first-order valence-corrected chi connectivity index (χ1v) is 6.31. The Hall–Kier alpha value is -0.370. The van der Waals surface area contributed by atoms with Crippen molar-refractivity contribution in [3.05, 3.63) is 35.1 Å². The number of alkyl halides is 1. The number of hydrogen-bond acceptors (Lipinski definition) is 0. The topological polar surface area (TPSA) is 0 Å². The molecule has 15 heavy (non-hydrogen) atoms. The molecule has 0 aliphatic rings. The summed E-state index contributed by atoms with van der Waals surface area (Å²) in [6, 6.07) is 5.38. The van der Waals surface area contributed by atoms with Crippen molar-refractivity contribution in [3.63, 3.8) is 0 Å². The van der Waals surface area contributed by atoms with Crippen LogP contribution in [0.25, 0.3) is 0 Å². The van der Waals surface area contributed by atoms with Crippen molar-refractivity contribution in [2.45, 2.75) is 38.4 Å². The van der Waals surface area contributed by atoms with E-state index in [0.29, 0.717) is 10.7 Å². The Balaban J connectivity index is 2.55. The predicted molar refractivity (Wildman–Crippen MR) is 67.0 cm³/mol. The molecule has 0 aromatic heterocycles. The zero-order valence-electron chi connectivity index (χ0n) is 9.56. The Bertz CT molecular complexity index is 320. The van der Waals surface area contributed by atoms with Crippen LogP contribution in [0.4, 0.5) is 4.39 Å². The van der Waals surface area contributed by atoms with Gasteiger partial charge in [-0.05, 0) is 42.9 Å². The number of hydrogen-bond donors (Lipinski definition) is 0. The average molecular weight is 273 g/mol. The van der Waals surface area contributed by atoms with Crippen LogP contribution in [-0.2, 0) is 6.42 Å². The molecule has 0 amide bonds. The molecule has 2 heteroatoms. The third-order valence-electron chi connectivity index (χ3n) is 2.65. The fraction of sp³-hybridized carbons (Fsp3) is 0.538. The smallest absolute Gasteiger partial charge is 0.126 e. The molecule has 0 aliphatic heterocycles. The van der Waals surface area contributed by atoms with Crippen LogP contribution in [0.5, 0.6) is 0 Å². The van der Waals surface area contributed by atoms with Gasteiger partial charge in [0, 0.05) is 4.83 Å². The number of rotatable bonds is 4. The maximum absolute atomic E-state index is 13.0. The molecule has 0 aliphatic carbocycles. The van der Waals surface area contributed by atoms with E-state index in [1.165, 1.54) is 5.56 Å². The van der Waals surface area contributed by atoms with Gasteiger partial charge in [-0.25, -0.2) is 4.39 Å². The number of halogens is 2. The average Bonchev–Trinajstić information content (AvgIpc) is 2.19. The van der Waals surface area contributed by atoms with E-state index < -0.39 is 0 Å². The van der Waals surface area contributed by atoms with Gasteiger partial charge in [0.2, 0.25) is 0 Å². The fourth-order valence-electron chi connectivity index (χ4n) is 1.50. The summed E-state index contributed by atoms with van der Waals surface area (Å²) in [7, 11) is 0. The quantitative estimate of drug-likeness (QED) is 0.709. The summed E-state index contributed by atoms with van der Waals surface area (Å²) in [5, 5.41) is 0. The highest BCUT2D eigenvalue weighted by Crippen LogP contribution is 2.19. The van der Waals surface area contributed by atoms with Gasteiger partial charge in [0.1, 0.15) is 5.82 Å². The summed E-state index contributed by atoms with van der Waals surface area (Å²) < 4.78 is 13.0. The van der Waals surface area contributed by atoms with Crippen molar-refractivity contribution in [3.8, 4) is 0 Å². The molecule has 0 radical (unpaired) electrons. The van der Waals surface area contributed by atoms with Crippen molar-refractivity contribution in [1.29, 1.82) is 0 Å². The van der Waals surface area contributed by atoms with E-state index in [1.54, 1.807) is 6.07 Å². The Morgan fingerprint density at radius 1 is 1.33 bits per heavy atom. The Morgan fingerprint density at radius 2 is 2.00 bits per heavy atom. The first kappa shape index (κ1) is 12.7. The standard InChI is InChI=1S/C13H18BrF/c1-9(2)12(14)6-4-11-5-7-13(15)10(3)8-11/h5,7-9,12H,4,6H2,1-3H3. The lowest BCUT2D eigenvalue weighted by atomic mass is 10.0. The van der Waals surface area contributed by atoms with Crippen LogP contribution in [0.15, 0.2) is 18.2 Å². The van der Waals surface area contributed by atoms with Crippen molar-refractivity contribution in [2.24, 2.45) is 5.92 Å². The van der Waals surface area contributed by atoms with E-state index in [2.05, 4.69) is 29.8 Å². The minimum atomic E-state index is -0.113. The van der Waals surface area contributed by atoms with Crippen molar-refractivity contribution >= 4 is 15.9 Å². The third-order valence-corrected chi connectivity index (χ3v) is 4.17. The molecule has 0 heterocycles. The summed E-state index contributed by atoms with van der Waals surface area (Å²) in [5.41, 5.74) is 1.96. The van der Waals surface area contributed by atoms with Gasteiger partial charge >= 0.3 is 0 Å². The highest BCUT2D eigenvalue weighted by molar-refractivity contribution is 9.09. The molecular formula is C13H18BrF. The van der Waals surface area contributed by atoms with Gasteiger partial charge < -0.3 is 0 Å². The van der Waals surface area contributed by atoms with Gasteiger partial charge in [0.25, 0.3) is 0 Å². The van der Waals surface area contributed by atoms with Crippen molar-refractivity contribution in [1.82, 2.24) is 0 Å². The summed E-state index contributed by atoms with van der Waals surface area (Å²) in [6.07, 6.45) is 2.11. The molecule has 1 aromatic rings. The number of aryl methyl sites for hydroxylation is 2.